The SMILES string of the molecule is O=C(Nc1cccnc1Cl)c1cccc(C(F)(F)F)c1F. The molecule has 1 aromatic carbocycles. The third-order valence-corrected chi connectivity index (χ3v) is 2.86. The van der Waals surface area contributed by atoms with Crippen molar-refractivity contribution in [3.63, 3.8) is 0 Å². The molecule has 0 radical (unpaired) electrons. The minimum Gasteiger partial charge on any atom is -0.319 e. The van der Waals surface area contributed by atoms with Crippen LogP contribution in [0.5, 0.6) is 0 Å². The summed E-state index contributed by atoms with van der Waals surface area (Å²) in [6.45, 7) is 0. The molecule has 0 aliphatic carbocycles. The van der Waals surface area contributed by atoms with Crippen LogP contribution < -0.4 is 5.32 Å². The van der Waals surface area contributed by atoms with Crippen LogP contribution in [-0.4, -0.2) is 10.9 Å². The van der Waals surface area contributed by atoms with E-state index in [1.807, 2.05) is 0 Å². The summed E-state index contributed by atoms with van der Waals surface area (Å²) in [5, 5.41) is 2.15. The minimum atomic E-state index is -4.88. The Bertz CT molecular complexity index is 688. The lowest BCUT2D eigenvalue weighted by molar-refractivity contribution is -0.140. The number of hydrogen-bond acceptors (Lipinski definition) is 2. The Morgan fingerprint density at radius 3 is 2.52 bits per heavy atom. The van der Waals surface area contributed by atoms with Crippen LogP contribution in [0.4, 0.5) is 23.2 Å². The molecule has 8 heteroatoms. The fourth-order valence-corrected chi connectivity index (χ4v) is 1.76. The zero-order valence-electron chi connectivity index (χ0n) is 10.2. The number of carbonyl (C=O) groups is 1. The van der Waals surface area contributed by atoms with E-state index in [1.165, 1.54) is 18.3 Å². The van der Waals surface area contributed by atoms with Gasteiger partial charge < -0.3 is 5.32 Å². The van der Waals surface area contributed by atoms with Gasteiger partial charge in [-0.05, 0) is 24.3 Å². The van der Waals surface area contributed by atoms with Crippen molar-refractivity contribution in [1.82, 2.24) is 4.98 Å². The summed E-state index contributed by atoms with van der Waals surface area (Å²) in [6.07, 6.45) is -3.52. The third-order valence-electron chi connectivity index (χ3n) is 2.56. The molecule has 0 bridgehead atoms. The fraction of sp³-hybridized carbons (Fsp3) is 0.0769. The van der Waals surface area contributed by atoms with Crippen molar-refractivity contribution in [1.29, 1.82) is 0 Å². The van der Waals surface area contributed by atoms with Crippen LogP contribution in [0.3, 0.4) is 0 Å². The molecule has 0 unspecified atom stereocenters. The van der Waals surface area contributed by atoms with E-state index in [-0.39, 0.29) is 10.8 Å². The van der Waals surface area contributed by atoms with Gasteiger partial charge in [0.25, 0.3) is 5.91 Å². The normalized spacial score (nSPS) is 11.3. The van der Waals surface area contributed by atoms with Gasteiger partial charge in [-0.25, -0.2) is 9.37 Å². The molecule has 1 N–H and O–H groups in total. The van der Waals surface area contributed by atoms with Gasteiger partial charge >= 0.3 is 6.18 Å². The average Bonchev–Trinajstić information content (AvgIpc) is 2.40. The molecule has 0 fully saturated rings. The number of rotatable bonds is 2. The van der Waals surface area contributed by atoms with E-state index in [9.17, 15) is 22.4 Å². The lowest BCUT2D eigenvalue weighted by Crippen LogP contribution is -2.17. The predicted octanol–water partition coefficient (Wildman–Crippen LogP) is 4.15. The van der Waals surface area contributed by atoms with Crippen LogP contribution in [0.15, 0.2) is 36.5 Å². The Hall–Kier alpha value is -2.15. The van der Waals surface area contributed by atoms with Crippen LogP contribution >= 0.6 is 11.6 Å². The monoisotopic (exact) mass is 318 g/mol. The van der Waals surface area contributed by atoms with E-state index in [2.05, 4.69) is 10.3 Å². The van der Waals surface area contributed by atoms with E-state index in [1.54, 1.807) is 0 Å². The Balaban J connectivity index is 2.35. The van der Waals surface area contributed by atoms with Crippen molar-refractivity contribution in [2.75, 3.05) is 5.32 Å². The summed E-state index contributed by atoms with van der Waals surface area (Å²) in [7, 11) is 0. The topological polar surface area (TPSA) is 42.0 Å². The molecule has 0 spiro atoms. The number of alkyl halides is 3. The molecular weight excluding hydrogens is 312 g/mol. The Labute approximate surface area is 121 Å². The minimum absolute atomic E-state index is 0.0572. The molecule has 1 aromatic heterocycles. The van der Waals surface area contributed by atoms with Crippen molar-refractivity contribution >= 4 is 23.2 Å². The van der Waals surface area contributed by atoms with Gasteiger partial charge in [0.15, 0.2) is 5.15 Å². The first-order chi connectivity index (χ1) is 9.80. The molecular formula is C13H7ClF4N2O. The Kier molecular flexibility index (Phi) is 4.13. The summed E-state index contributed by atoms with van der Waals surface area (Å²) < 4.78 is 51.5. The highest BCUT2D eigenvalue weighted by atomic mass is 35.5. The van der Waals surface area contributed by atoms with Gasteiger partial charge in [-0.1, -0.05) is 17.7 Å². The first kappa shape index (κ1) is 15.2. The molecule has 110 valence electrons. The summed E-state index contributed by atoms with van der Waals surface area (Å²) in [6, 6.07) is 5.31. The maximum atomic E-state index is 13.8. The lowest BCUT2D eigenvalue weighted by atomic mass is 10.1. The number of nitrogens with zero attached hydrogens (tertiary/aromatic N) is 1. The maximum absolute atomic E-state index is 13.8. The van der Waals surface area contributed by atoms with Crippen LogP contribution in [0.2, 0.25) is 5.15 Å². The second-order valence-electron chi connectivity index (χ2n) is 3.96. The molecule has 2 rings (SSSR count). The van der Waals surface area contributed by atoms with Crippen LogP contribution in [0.1, 0.15) is 15.9 Å². The van der Waals surface area contributed by atoms with Gasteiger partial charge in [0.05, 0.1) is 16.8 Å². The van der Waals surface area contributed by atoms with Crippen LogP contribution in [0, 0.1) is 5.82 Å². The molecule has 0 saturated carbocycles. The Morgan fingerprint density at radius 2 is 1.90 bits per heavy atom. The predicted molar refractivity (Wildman–Crippen MR) is 68.6 cm³/mol. The second-order valence-corrected chi connectivity index (χ2v) is 4.32. The van der Waals surface area contributed by atoms with Crippen molar-refractivity contribution < 1.29 is 22.4 Å². The molecule has 1 amide bonds. The van der Waals surface area contributed by atoms with Crippen molar-refractivity contribution in [2.45, 2.75) is 6.18 Å². The van der Waals surface area contributed by atoms with Gasteiger partial charge in [-0.2, -0.15) is 13.2 Å². The average molecular weight is 319 g/mol. The smallest absolute Gasteiger partial charge is 0.319 e. The second kappa shape index (κ2) is 5.69. The van der Waals surface area contributed by atoms with Crippen molar-refractivity contribution in [3.8, 4) is 0 Å². The van der Waals surface area contributed by atoms with Gasteiger partial charge in [0.1, 0.15) is 5.82 Å². The molecule has 1 heterocycles. The number of carbonyl (C=O) groups excluding carboxylic acids is 1. The highest BCUT2D eigenvalue weighted by Gasteiger charge is 2.35. The van der Waals surface area contributed by atoms with Crippen molar-refractivity contribution in [2.24, 2.45) is 0 Å². The largest absolute Gasteiger partial charge is 0.419 e. The van der Waals surface area contributed by atoms with E-state index in [4.69, 9.17) is 11.6 Å². The summed E-state index contributed by atoms with van der Waals surface area (Å²) in [4.78, 5) is 15.5. The van der Waals surface area contributed by atoms with Gasteiger partial charge in [-0.15, -0.1) is 0 Å². The number of amides is 1. The van der Waals surface area contributed by atoms with Gasteiger partial charge in [0, 0.05) is 6.20 Å². The maximum Gasteiger partial charge on any atom is 0.419 e. The van der Waals surface area contributed by atoms with E-state index in [0.717, 1.165) is 12.1 Å². The summed E-state index contributed by atoms with van der Waals surface area (Å²) >= 11 is 5.70. The lowest BCUT2D eigenvalue weighted by Gasteiger charge is -2.11. The highest BCUT2D eigenvalue weighted by molar-refractivity contribution is 6.32. The van der Waals surface area contributed by atoms with E-state index < -0.39 is 29.0 Å². The molecule has 21 heavy (non-hydrogen) atoms. The van der Waals surface area contributed by atoms with Crippen LogP contribution in [0.25, 0.3) is 0 Å². The molecule has 0 atom stereocenters. The molecule has 2 aromatic rings. The quantitative estimate of drug-likeness (QED) is 0.668. The number of pyridine rings is 1. The first-order valence-corrected chi connectivity index (χ1v) is 5.96. The molecule has 3 nitrogen and oxygen atoms in total. The number of halogens is 5. The highest BCUT2D eigenvalue weighted by Crippen LogP contribution is 2.32. The zero-order chi connectivity index (χ0) is 15.6. The van der Waals surface area contributed by atoms with E-state index >= 15 is 0 Å². The standard InChI is InChI=1S/C13H7ClF4N2O/c14-11-9(5-2-6-19-11)20-12(21)7-3-1-4-8(10(7)15)13(16,17)18/h1-6H,(H,20,21). The number of aromatic nitrogens is 1. The van der Waals surface area contributed by atoms with Crippen LogP contribution in [-0.2, 0) is 6.18 Å². The van der Waals surface area contributed by atoms with Crippen molar-refractivity contribution in [3.05, 3.63) is 58.6 Å². The first-order valence-electron chi connectivity index (χ1n) is 5.58. The Morgan fingerprint density at radius 1 is 1.19 bits per heavy atom. The fourth-order valence-electron chi connectivity index (χ4n) is 1.60. The van der Waals surface area contributed by atoms with Gasteiger partial charge in [-0.3, -0.25) is 4.79 Å². The number of benzene rings is 1. The molecule has 0 saturated heterocycles. The van der Waals surface area contributed by atoms with Gasteiger partial charge in [0.2, 0.25) is 0 Å². The summed E-state index contributed by atoms with van der Waals surface area (Å²) in [5.74, 6) is -2.68. The zero-order valence-corrected chi connectivity index (χ0v) is 11.0. The molecule has 0 aliphatic rings. The number of anilines is 1. The summed E-state index contributed by atoms with van der Waals surface area (Å²) in [5.41, 5.74) is -2.17. The number of nitrogens with one attached hydrogen (secondary N) is 1. The third kappa shape index (κ3) is 3.30. The van der Waals surface area contributed by atoms with E-state index in [0.29, 0.717) is 6.07 Å². The molecule has 0 aliphatic heterocycles. The number of hydrogen-bond donors (Lipinski definition) is 1.